The summed E-state index contributed by atoms with van der Waals surface area (Å²) in [5.41, 5.74) is 4.41. The van der Waals surface area contributed by atoms with Crippen molar-refractivity contribution in [2.24, 2.45) is 0 Å². The van der Waals surface area contributed by atoms with Crippen LogP contribution in [0.3, 0.4) is 0 Å². The van der Waals surface area contributed by atoms with Gasteiger partial charge in [-0.25, -0.2) is 14.8 Å². The number of aromatic nitrogens is 2. The zero-order chi connectivity index (χ0) is 22.1. The van der Waals surface area contributed by atoms with Gasteiger partial charge in [-0.05, 0) is 42.5 Å². The van der Waals surface area contributed by atoms with Gasteiger partial charge in [-0.3, -0.25) is 0 Å². The second-order valence-electron chi connectivity index (χ2n) is 7.72. The summed E-state index contributed by atoms with van der Waals surface area (Å²) in [6, 6.07) is 22.8. The Balaban J connectivity index is 1.51. The van der Waals surface area contributed by atoms with Crippen LogP contribution in [-0.2, 0) is 0 Å². The molecular weight excluding hydrogens is 424 g/mol. The summed E-state index contributed by atoms with van der Waals surface area (Å²) >= 11 is 6.03. The fourth-order valence-corrected chi connectivity index (χ4v) is 4.14. The first-order valence-electron chi connectivity index (χ1n) is 10.4. The van der Waals surface area contributed by atoms with E-state index in [0.717, 1.165) is 54.0 Å². The lowest BCUT2D eigenvalue weighted by Crippen LogP contribution is -2.47. The maximum absolute atomic E-state index is 11.4. The molecule has 0 amide bonds. The highest BCUT2D eigenvalue weighted by atomic mass is 35.5. The van der Waals surface area contributed by atoms with Gasteiger partial charge in [-0.15, -0.1) is 0 Å². The molecule has 2 heterocycles. The molecule has 6 nitrogen and oxygen atoms in total. The lowest BCUT2D eigenvalue weighted by molar-refractivity contribution is 0.0697. The second-order valence-corrected chi connectivity index (χ2v) is 8.16. The number of carbonyl (C=O) groups is 1. The van der Waals surface area contributed by atoms with Crippen molar-refractivity contribution >= 4 is 40.1 Å². The van der Waals surface area contributed by atoms with E-state index in [1.807, 2.05) is 54.6 Å². The third-order valence-electron chi connectivity index (χ3n) is 5.71. The number of benzene rings is 3. The summed E-state index contributed by atoms with van der Waals surface area (Å²) in [5, 5.41) is 10.1. The van der Waals surface area contributed by atoms with Crippen molar-refractivity contribution < 1.29 is 9.90 Å². The van der Waals surface area contributed by atoms with E-state index in [0.29, 0.717) is 11.0 Å². The number of rotatable bonds is 4. The topological polar surface area (TPSA) is 69.6 Å². The summed E-state index contributed by atoms with van der Waals surface area (Å²) in [6.45, 7) is 3.23. The van der Waals surface area contributed by atoms with Gasteiger partial charge in [0.25, 0.3) is 0 Å². The minimum atomic E-state index is -0.973. The molecule has 32 heavy (non-hydrogen) atoms. The Morgan fingerprint density at radius 2 is 1.50 bits per heavy atom. The Morgan fingerprint density at radius 1 is 0.812 bits per heavy atom. The van der Waals surface area contributed by atoms with Gasteiger partial charge >= 0.3 is 5.97 Å². The zero-order valence-electron chi connectivity index (χ0n) is 17.3. The normalized spacial score (nSPS) is 14.0. The number of piperazine rings is 1. The van der Waals surface area contributed by atoms with Crippen LogP contribution in [0.4, 0.5) is 11.5 Å². The molecule has 7 heteroatoms. The molecule has 160 valence electrons. The lowest BCUT2D eigenvalue weighted by Gasteiger charge is -2.37. The average molecular weight is 445 g/mol. The smallest absolute Gasteiger partial charge is 0.335 e. The number of nitrogens with zero attached hydrogens (tertiary/aromatic N) is 4. The zero-order valence-corrected chi connectivity index (χ0v) is 18.0. The number of carboxylic acids is 1. The molecule has 0 bridgehead atoms. The molecular formula is C25H21ClN4O2. The van der Waals surface area contributed by atoms with E-state index in [4.69, 9.17) is 21.6 Å². The Bertz CT molecular complexity index is 1270. The maximum Gasteiger partial charge on any atom is 0.335 e. The largest absolute Gasteiger partial charge is 0.478 e. The summed E-state index contributed by atoms with van der Waals surface area (Å²) in [4.78, 5) is 25.8. The number of hydrogen-bond acceptors (Lipinski definition) is 5. The monoisotopic (exact) mass is 444 g/mol. The van der Waals surface area contributed by atoms with Crippen LogP contribution in [0.2, 0.25) is 5.02 Å². The fourth-order valence-electron chi connectivity index (χ4n) is 4.02. The van der Waals surface area contributed by atoms with Crippen LogP contribution in [0.5, 0.6) is 0 Å². The summed E-state index contributed by atoms with van der Waals surface area (Å²) in [6.07, 6.45) is 0. The molecule has 0 radical (unpaired) electrons. The van der Waals surface area contributed by atoms with E-state index in [2.05, 4.69) is 9.80 Å². The van der Waals surface area contributed by atoms with Crippen LogP contribution in [-0.4, -0.2) is 47.2 Å². The Morgan fingerprint density at radius 3 is 2.19 bits per heavy atom. The van der Waals surface area contributed by atoms with E-state index in [9.17, 15) is 9.90 Å². The molecule has 1 aliphatic heterocycles. The van der Waals surface area contributed by atoms with Crippen molar-refractivity contribution in [1.29, 1.82) is 0 Å². The predicted octanol–water partition coefficient (Wildman–Crippen LogP) is 4.98. The number of hydrogen-bond donors (Lipinski definition) is 1. The van der Waals surface area contributed by atoms with E-state index in [1.165, 1.54) is 0 Å². The Kier molecular flexibility index (Phi) is 5.37. The molecule has 0 aliphatic carbocycles. The molecule has 1 fully saturated rings. The van der Waals surface area contributed by atoms with Crippen molar-refractivity contribution in [3.8, 4) is 11.3 Å². The van der Waals surface area contributed by atoms with Gasteiger partial charge in [0.15, 0.2) is 5.82 Å². The number of fused-ring (bicyclic) bond motifs is 1. The van der Waals surface area contributed by atoms with Gasteiger partial charge in [0, 0.05) is 42.5 Å². The van der Waals surface area contributed by atoms with Crippen LogP contribution in [0.15, 0.2) is 72.8 Å². The molecule has 1 saturated heterocycles. The third kappa shape index (κ3) is 3.97. The molecule has 0 saturated carbocycles. The van der Waals surface area contributed by atoms with E-state index < -0.39 is 5.97 Å². The summed E-state index contributed by atoms with van der Waals surface area (Å²) in [7, 11) is 0. The van der Waals surface area contributed by atoms with Gasteiger partial charge in [0.1, 0.15) is 5.69 Å². The quantitative estimate of drug-likeness (QED) is 0.479. The van der Waals surface area contributed by atoms with Crippen LogP contribution < -0.4 is 9.80 Å². The summed E-state index contributed by atoms with van der Waals surface area (Å²) in [5.74, 6) is -0.194. The molecule has 0 atom stereocenters. The Hall–Kier alpha value is -3.64. The van der Waals surface area contributed by atoms with Gasteiger partial charge in [-0.2, -0.15) is 0 Å². The van der Waals surface area contributed by atoms with Crippen molar-refractivity contribution in [2.75, 3.05) is 36.0 Å². The average Bonchev–Trinajstić information content (AvgIpc) is 2.84. The number of halogens is 1. The molecule has 1 N–H and O–H groups in total. The molecule has 0 unspecified atom stereocenters. The summed E-state index contributed by atoms with van der Waals surface area (Å²) < 4.78 is 0. The van der Waals surface area contributed by atoms with Gasteiger partial charge < -0.3 is 14.9 Å². The molecule has 1 aromatic heterocycles. The molecule has 1 aliphatic rings. The van der Waals surface area contributed by atoms with Crippen LogP contribution in [0.25, 0.3) is 22.3 Å². The van der Waals surface area contributed by atoms with Crippen LogP contribution >= 0.6 is 11.6 Å². The highest BCUT2D eigenvalue weighted by Gasteiger charge is 2.23. The highest BCUT2D eigenvalue weighted by Crippen LogP contribution is 2.31. The van der Waals surface area contributed by atoms with Crippen molar-refractivity contribution in [2.45, 2.75) is 0 Å². The number of anilines is 2. The van der Waals surface area contributed by atoms with Crippen LogP contribution in [0, 0.1) is 0 Å². The molecule has 3 aromatic carbocycles. The maximum atomic E-state index is 11.4. The first-order chi connectivity index (χ1) is 15.6. The lowest BCUT2D eigenvalue weighted by atomic mass is 10.1. The van der Waals surface area contributed by atoms with Gasteiger partial charge in [0.2, 0.25) is 0 Å². The van der Waals surface area contributed by atoms with Gasteiger partial charge in [0.05, 0.1) is 16.6 Å². The van der Waals surface area contributed by atoms with E-state index >= 15 is 0 Å². The van der Waals surface area contributed by atoms with E-state index in [1.54, 1.807) is 18.2 Å². The predicted molar refractivity (Wildman–Crippen MR) is 128 cm³/mol. The van der Waals surface area contributed by atoms with Crippen molar-refractivity contribution in [3.63, 3.8) is 0 Å². The third-order valence-corrected chi connectivity index (χ3v) is 5.96. The van der Waals surface area contributed by atoms with E-state index in [-0.39, 0.29) is 5.56 Å². The molecule has 0 spiro atoms. The molecule has 5 rings (SSSR count). The molecule has 4 aromatic rings. The van der Waals surface area contributed by atoms with Crippen molar-refractivity contribution in [1.82, 2.24) is 9.97 Å². The SMILES string of the molecule is O=C(O)c1ccc2nc(-c3ccccc3)c(N3CCN(c4ccc(Cl)cc4)CC3)nc2c1. The fraction of sp³-hybridized carbons (Fsp3) is 0.160. The highest BCUT2D eigenvalue weighted by molar-refractivity contribution is 6.30. The Labute approximate surface area is 190 Å². The second kappa shape index (κ2) is 8.48. The first kappa shape index (κ1) is 20.3. The number of carboxylic acid groups (broad SMARTS) is 1. The minimum absolute atomic E-state index is 0.206. The van der Waals surface area contributed by atoms with Gasteiger partial charge in [-0.1, -0.05) is 41.9 Å². The number of aromatic carboxylic acids is 1. The minimum Gasteiger partial charge on any atom is -0.478 e. The van der Waals surface area contributed by atoms with Crippen LogP contribution in [0.1, 0.15) is 10.4 Å². The first-order valence-corrected chi connectivity index (χ1v) is 10.8. The van der Waals surface area contributed by atoms with Crippen molar-refractivity contribution in [3.05, 3.63) is 83.4 Å². The standard InChI is InChI=1S/C25H21ClN4O2/c26-19-7-9-20(10-8-19)29-12-14-30(15-13-29)24-23(17-4-2-1-3-5-17)27-21-11-6-18(25(31)32)16-22(21)28-24/h1-11,16H,12-15H2,(H,31,32).